The molecule has 0 bridgehead atoms. The molecule has 0 aliphatic heterocycles. The summed E-state index contributed by atoms with van der Waals surface area (Å²) in [7, 11) is 0. The highest BCUT2D eigenvalue weighted by Crippen LogP contribution is 2.39. The summed E-state index contributed by atoms with van der Waals surface area (Å²) < 4.78 is 0. The maximum absolute atomic E-state index is 11.0. The molecule has 0 radical (unpaired) electrons. The molecule has 0 unspecified atom stereocenters. The van der Waals surface area contributed by atoms with Crippen LogP contribution < -0.4 is 5.32 Å². The van der Waals surface area contributed by atoms with Gasteiger partial charge >= 0.3 is 0 Å². The minimum Gasteiger partial charge on any atom is -0.377 e. The molecule has 4 heteroatoms. The standard InChI is InChI=1S/C16H24N2O2/c1-16(2,3)12-8-10-13(11-9-12)17-14-6-4-5-7-15(14)18(19)20/h4-7,12-13,17H,8-11H2,1-3H3. The second-order valence-corrected chi connectivity index (χ2v) is 6.83. The van der Waals surface area contributed by atoms with Gasteiger partial charge in [-0.2, -0.15) is 0 Å². The lowest BCUT2D eigenvalue weighted by Gasteiger charge is -2.37. The second-order valence-electron chi connectivity index (χ2n) is 6.83. The zero-order valence-electron chi connectivity index (χ0n) is 12.6. The third-order valence-electron chi connectivity index (χ3n) is 4.41. The normalized spacial score (nSPS) is 23.4. The van der Waals surface area contributed by atoms with Crippen molar-refractivity contribution in [3.05, 3.63) is 34.4 Å². The van der Waals surface area contributed by atoms with E-state index in [1.807, 2.05) is 6.07 Å². The van der Waals surface area contributed by atoms with Crippen LogP contribution in [-0.2, 0) is 0 Å². The van der Waals surface area contributed by atoms with Crippen LogP contribution in [0.3, 0.4) is 0 Å². The van der Waals surface area contributed by atoms with Gasteiger partial charge in [0, 0.05) is 12.1 Å². The van der Waals surface area contributed by atoms with E-state index in [1.54, 1.807) is 18.2 Å². The van der Waals surface area contributed by atoms with Gasteiger partial charge in [-0.3, -0.25) is 10.1 Å². The highest BCUT2D eigenvalue weighted by molar-refractivity contribution is 5.61. The number of hydrogen-bond acceptors (Lipinski definition) is 3. The van der Waals surface area contributed by atoms with Crippen LogP contribution in [0.4, 0.5) is 11.4 Å². The van der Waals surface area contributed by atoms with Crippen molar-refractivity contribution >= 4 is 11.4 Å². The first-order valence-corrected chi connectivity index (χ1v) is 7.38. The van der Waals surface area contributed by atoms with Crippen molar-refractivity contribution in [2.24, 2.45) is 11.3 Å². The van der Waals surface area contributed by atoms with Crippen molar-refractivity contribution in [3.63, 3.8) is 0 Å². The third-order valence-corrected chi connectivity index (χ3v) is 4.41. The molecule has 4 nitrogen and oxygen atoms in total. The number of benzene rings is 1. The number of anilines is 1. The van der Waals surface area contributed by atoms with E-state index >= 15 is 0 Å². The van der Waals surface area contributed by atoms with Crippen molar-refractivity contribution < 1.29 is 4.92 Å². The lowest BCUT2D eigenvalue weighted by atomic mass is 9.71. The van der Waals surface area contributed by atoms with Crippen molar-refractivity contribution in [1.29, 1.82) is 0 Å². The third kappa shape index (κ3) is 3.50. The van der Waals surface area contributed by atoms with Crippen LogP contribution in [0.1, 0.15) is 46.5 Å². The van der Waals surface area contributed by atoms with Gasteiger partial charge in [-0.05, 0) is 43.1 Å². The Hall–Kier alpha value is -1.58. The first-order valence-electron chi connectivity index (χ1n) is 7.38. The summed E-state index contributed by atoms with van der Waals surface area (Å²) in [6, 6.07) is 7.27. The molecule has 20 heavy (non-hydrogen) atoms. The zero-order chi connectivity index (χ0) is 14.8. The Morgan fingerprint density at radius 3 is 2.30 bits per heavy atom. The maximum Gasteiger partial charge on any atom is 0.292 e. The summed E-state index contributed by atoms with van der Waals surface area (Å²) in [5.74, 6) is 0.756. The zero-order valence-corrected chi connectivity index (χ0v) is 12.6. The molecule has 1 fully saturated rings. The Labute approximate surface area is 120 Å². The molecule has 0 aromatic heterocycles. The Morgan fingerprint density at radius 1 is 1.15 bits per heavy atom. The molecule has 110 valence electrons. The molecule has 1 N–H and O–H groups in total. The molecule has 2 rings (SSSR count). The van der Waals surface area contributed by atoms with E-state index in [0.717, 1.165) is 18.8 Å². The molecular formula is C16H24N2O2. The van der Waals surface area contributed by atoms with E-state index in [2.05, 4.69) is 26.1 Å². The molecule has 1 aliphatic rings. The topological polar surface area (TPSA) is 55.2 Å². The lowest BCUT2D eigenvalue weighted by Crippen LogP contribution is -2.31. The van der Waals surface area contributed by atoms with Crippen LogP contribution >= 0.6 is 0 Å². The van der Waals surface area contributed by atoms with Crippen LogP contribution in [0.2, 0.25) is 0 Å². The number of para-hydroxylation sites is 2. The fourth-order valence-corrected chi connectivity index (χ4v) is 3.08. The molecule has 0 amide bonds. The molecule has 1 aromatic carbocycles. The van der Waals surface area contributed by atoms with Gasteiger partial charge in [0.2, 0.25) is 0 Å². The van der Waals surface area contributed by atoms with Gasteiger partial charge in [-0.25, -0.2) is 0 Å². The van der Waals surface area contributed by atoms with E-state index in [0.29, 0.717) is 17.1 Å². The number of nitrogens with zero attached hydrogens (tertiary/aromatic N) is 1. The first-order chi connectivity index (χ1) is 9.38. The summed E-state index contributed by atoms with van der Waals surface area (Å²) in [6.07, 6.45) is 4.57. The second kappa shape index (κ2) is 5.81. The van der Waals surface area contributed by atoms with Gasteiger partial charge in [0.1, 0.15) is 5.69 Å². The van der Waals surface area contributed by atoms with E-state index in [4.69, 9.17) is 0 Å². The highest BCUT2D eigenvalue weighted by Gasteiger charge is 2.30. The minimum atomic E-state index is -0.316. The van der Waals surface area contributed by atoms with Crippen LogP contribution in [0.5, 0.6) is 0 Å². The molecule has 0 atom stereocenters. The molecule has 0 saturated heterocycles. The number of nitrogens with one attached hydrogen (secondary N) is 1. The Bertz CT molecular complexity index is 472. The summed E-state index contributed by atoms with van der Waals surface area (Å²) in [5, 5.41) is 14.4. The minimum absolute atomic E-state index is 0.172. The lowest BCUT2D eigenvalue weighted by molar-refractivity contribution is -0.384. The van der Waals surface area contributed by atoms with E-state index in [9.17, 15) is 10.1 Å². The predicted octanol–water partition coefficient (Wildman–Crippen LogP) is 4.61. The van der Waals surface area contributed by atoms with Crippen molar-refractivity contribution in [2.75, 3.05) is 5.32 Å². The number of nitro benzene ring substituents is 1. The average molecular weight is 276 g/mol. The fourth-order valence-electron chi connectivity index (χ4n) is 3.08. The molecule has 1 saturated carbocycles. The van der Waals surface area contributed by atoms with E-state index in [-0.39, 0.29) is 10.6 Å². The smallest absolute Gasteiger partial charge is 0.292 e. The first kappa shape index (κ1) is 14.8. The van der Waals surface area contributed by atoms with Crippen LogP contribution in [0, 0.1) is 21.4 Å². The number of rotatable bonds is 3. The van der Waals surface area contributed by atoms with Gasteiger partial charge in [0.25, 0.3) is 5.69 Å². The van der Waals surface area contributed by atoms with Gasteiger partial charge in [-0.1, -0.05) is 32.9 Å². The van der Waals surface area contributed by atoms with Crippen LogP contribution in [0.25, 0.3) is 0 Å². The molecule has 1 aromatic rings. The predicted molar refractivity (Wildman–Crippen MR) is 81.9 cm³/mol. The summed E-state index contributed by atoms with van der Waals surface area (Å²) >= 11 is 0. The van der Waals surface area contributed by atoms with E-state index < -0.39 is 0 Å². The maximum atomic E-state index is 11.0. The number of nitro groups is 1. The summed E-state index contributed by atoms with van der Waals surface area (Å²) in [4.78, 5) is 10.7. The molecule has 0 spiro atoms. The Morgan fingerprint density at radius 2 is 1.75 bits per heavy atom. The van der Waals surface area contributed by atoms with Gasteiger partial charge in [-0.15, -0.1) is 0 Å². The fraction of sp³-hybridized carbons (Fsp3) is 0.625. The quantitative estimate of drug-likeness (QED) is 0.647. The SMILES string of the molecule is CC(C)(C)C1CCC(Nc2ccccc2[N+](=O)[O-])CC1. The highest BCUT2D eigenvalue weighted by atomic mass is 16.6. The van der Waals surface area contributed by atoms with Gasteiger partial charge in [0.05, 0.1) is 4.92 Å². The molecule has 0 heterocycles. The van der Waals surface area contributed by atoms with E-state index in [1.165, 1.54) is 12.8 Å². The Kier molecular flexibility index (Phi) is 4.31. The van der Waals surface area contributed by atoms with Gasteiger partial charge < -0.3 is 5.32 Å². The van der Waals surface area contributed by atoms with Crippen molar-refractivity contribution in [3.8, 4) is 0 Å². The average Bonchev–Trinajstić information content (AvgIpc) is 2.38. The Balaban J connectivity index is 1.98. The van der Waals surface area contributed by atoms with Crippen molar-refractivity contribution in [2.45, 2.75) is 52.5 Å². The molecule has 1 aliphatic carbocycles. The van der Waals surface area contributed by atoms with Crippen LogP contribution in [-0.4, -0.2) is 11.0 Å². The van der Waals surface area contributed by atoms with Gasteiger partial charge in [0.15, 0.2) is 0 Å². The van der Waals surface area contributed by atoms with Crippen LogP contribution in [0.15, 0.2) is 24.3 Å². The summed E-state index contributed by atoms with van der Waals surface area (Å²) in [6.45, 7) is 6.90. The largest absolute Gasteiger partial charge is 0.377 e. The van der Waals surface area contributed by atoms with Crippen molar-refractivity contribution in [1.82, 2.24) is 0 Å². The summed E-state index contributed by atoms with van der Waals surface area (Å²) in [5.41, 5.74) is 1.19. The number of hydrogen-bond donors (Lipinski definition) is 1. The molecular weight excluding hydrogens is 252 g/mol. The monoisotopic (exact) mass is 276 g/mol.